The van der Waals surface area contributed by atoms with Crippen LogP contribution in [0.1, 0.15) is 59.3 Å². The molecule has 17 heavy (non-hydrogen) atoms. The summed E-state index contributed by atoms with van der Waals surface area (Å²) < 4.78 is 0. The van der Waals surface area contributed by atoms with E-state index >= 15 is 0 Å². The van der Waals surface area contributed by atoms with Crippen molar-refractivity contribution >= 4 is 0 Å². The molecule has 0 radical (unpaired) electrons. The fourth-order valence-electron chi connectivity index (χ4n) is 3.17. The second-order valence-corrected chi connectivity index (χ2v) is 5.58. The average Bonchev–Trinajstić information content (AvgIpc) is 2.40. The van der Waals surface area contributed by atoms with Gasteiger partial charge in [-0.15, -0.1) is 0 Å². The minimum absolute atomic E-state index is 0.754. The van der Waals surface area contributed by atoms with Crippen molar-refractivity contribution in [2.24, 2.45) is 5.92 Å². The SMILES string of the molecule is CCC(CC)CN(CC)C1CCCC(NC)C1. The predicted molar refractivity (Wildman–Crippen MR) is 76.4 cm³/mol. The molecule has 1 rings (SSSR count). The normalized spacial score (nSPS) is 25.8. The maximum absolute atomic E-state index is 3.47. The Hall–Kier alpha value is -0.0800. The highest BCUT2D eigenvalue weighted by Crippen LogP contribution is 2.24. The zero-order valence-electron chi connectivity index (χ0n) is 12.3. The summed E-state index contributed by atoms with van der Waals surface area (Å²) in [6, 6.07) is 1.58. The van der Waals surface area contributed by atoms with E-state index in [4.69, 9.17) is 0 Å². The van der Waals surface area contributed by atoms with Crippen LogP contribution in [0.3, 0.4) is 0 Å². The van der Waals surface area contributed by atoms with Gasteiger partial charge in [0.05, 0.1) is 0 Å². The summed E-state index contributed by atoms with van der Waals surface area (Å²) in [6.07, 6.45) is 8.19. The third kappa shape index (κ3) is 4.59. The molecule has 0 heterocycles. The third-order valence-corrected chi connectivity index (χ3v) is 4.62. The van der Waals surface area contributed by atoms with E-state index < -0.39 is 0 Å². The van der Waals surface area contributed by atoms with Crippen LogP contribution in [0.2, 0.25) is 0 Å². The van der Waals surface area contributed by atoms with Gasteiger partial charge >= 0.3 is 0 Å². The van der Waals surface area contributed by atoms with Crippen molar-refractivity contribution in [3.8, 4) is 0 Å². The molecule has 0 aliphatic heterocycles. The first-order chi connectivity index (χ1) is 8.24. The maximum atomic E-state index is 3.47. The van der Waals surface area contributed by atoms with Crippen LogP contribution in [0, 0.1) is 5.92 Å². The summed E-state index contributed by atoms with van der Waals surface area (Å²) in [7, 11) is 2.12. The van der Waals surface area contributed by atoms with Crippen molar-refractivity contribution in [1.29, 1.82) is 0 Å². The number of hydrogen-bond donors (Lipinski definition) is 1. The fourth-order valence-corrected chi connectivity index (χ4v) is 3.17. The molecule has 0 bridgehead atoms. The van der Waals surface area contributed by atoms with Crippen molar-refractivity contribution < 1.29 is 0 Å². The molecule has 1 saturated carbocycles. The van der Waals surface area contributed by atoms with Crippen molar-refractivity contribution in [1.82, 2.24) is 10.2 Å². The highest BCUT2D eigenvalue weighted by Gasteiger charge is 2.25. The Labute approximate surface area is 108 Å². The zero-order valence-corrected chi connectivity index (χ0v) is 12.3. The molecule has 1 aliphatic rings. The van der Waals surface area contributed by atoms with Crippen LogP contribution in [0.25, 0.3) is 0 Å². The van der Waals surface area contributed by atoms with Gasteiger partial charge in [-0.1, -0.05) is 40.0 Å². The first-order valence-corrected chi connectivity index (χ1v) is 7.66. The Kier molecular flexibility index (Phi) is 7.14. The monoisotopic (exact) mass is 240 g/mol. The Balaban J connectivity index is 2.48. The molecule has 102 valence electrons. The Morgan fingerprint density at radius 3 is 2.41 bits per heavy atom. The van der Waals surface area contributed by atoms with Gasteiger partial charge in [-0.3, -0.25) is 0 Å². The van der Waals surface area contributed by atoms with E-state index in [1.165, 1.54) is 51.6 Å². The summed E-state index contributed by atoms with van der Waals surface area (Å²) in [5, 5.41) is 3.47. The quantitative estimate of drug-likeness (QED) is 0.735. The maximum Gasteiger partial charge on any atom is 0.0110 e. The lowest BCUT2D eigenvalue weighted by Gasteiger charge is -2.38. The molecule has 2 atom stereocenters. The van der Waals surface area contributed by atoms with E-state index in [1.807, 2.05) is 0 Å². The lowest BCUT2D eigenvalue weighted by Crippen LogP contribution is -2.45. The molecular weight excluding hydrogens is 208 g/mol. The fraction of sp³-hybridized carbons (Fsp3) is 1.00. The molecular formula is C15H32N2. The largest absolute Gasteiger partial charge is 0.317 e. The predicted octanol–water partition coefficient (Wildman–Crippen LogP) is 3.28. The summed E-state index contributed by atoms with van der Waals surface area (Å²) in [5.41, 5.74) is 0. The summed E-state index contributed by atoms with van der Waals surface area (Å²) in [6.45, 7) is 9.52. The lowest BCUT2D eigenvalue weighted by atomic mass is 9.89. The van der Waals surface area contributed by atoms with E-state index in [9.17, 15) is 0 Å². The lowest BCUT2D eigenvalue weighted by molar-refractivity contribution is 0.124. The Morgan fingerprint density at radius 2 is 1.88 bits per heavy atom. The summed E-state index contributed by atoms with van der Waals surface area (Å²) in [5.74, 6) is 0.893. The van der Waals surface area contributed by atoms with E-state index in [0.29, 0.717) is 0 Å². The molecule has 0 aromatic rings. The van der Waals surface area contributed by atoms with Crippen molar-refractivity contribution in [3.63, 3.8) is 0 Å². The standard InChI is InChI=1S/C15H32N2/c1-5-13(6-2)12-17(7-3)15-10-8-9-14(11-15)16-4/h13-16H,5-12H2,1-4H3. The van der Waals surface area contributed by atoms with E-state index in [-0.39, 0.29) is 0 Å². The average molecular weight is 240 g/mol. The van der Waals surface area contributed by atoms with Crippen LogP contribution < -0.4 is 5.32 Å². The molecule has 2 heteroatoms. The van der Waals surface area contributed by atoms with Gasteiger partial charge in [0.1, 0.15) is 0 Å². The van der Waals surface area contributed by atoms with Gasteiger partial charge in [-0.25, -0.2) is 0 Å². The zero-order chi connectivity index (χ0) is 12.7. The van der Waals surface area contributed by atoms with Gasteiger partial charge in [0.25, 0.3) is 0 Å². The molecule has 0 saturated heterocycles. The smallest absolute Gasteiger partial charge is 0.0110 e. The minimum atomic E-state index is 0.754. The van der Waals surface area contributed by atoms with Gasteiger partial charge in [0.15, 0.2) is 0 Å². The molecule has 0 aromatic heterocycles. The molecule has 1 N–H and O–H groups in total. The molecule has 1 aliphatic carbocycles. The highest BCUT2D eigenvalue weighted by atomic mass is 15.2. The molecule has 0 aromatic carbocycles. The number of nitrogens with one attached hydrogen (secondary N) is 1. The van der Waals surface area contributed by atoms with Gasteiger partial charge < -0.3 is 10.2 Å². The second-order valence-electron chi connectivity index (χ2n) is 5.58. The van der Waals surface area contributed by atoms with Crippen molar-refractivity contribution in [3.05, 3.63) is 0 Å². The molecule has 2 unspecified atom stereocenters. The van der Waals surface area contributed by atoms with Gasteiger partial charge in [-0.05, 0) is 38.8 Å². The number of nitrogens with zero attached hydrogens (tertiary/aromatic N) is 1. The summed E-state index contributed by atoms with van der Waals surface area (Å²) in [4.78, 5) is 2.74. The number of hydrogen-bond acceptors (Lipinski definition) is 2. The second kappa shape index (κ2) is 8.10. The van der Waals surface area contributed by atoms with Gasteiger partial charge in [-0.2, -0.15) is 0 Å². The van der Waals surface area contributed by atoms with Crippen LogP contribution in [-0.4, -0.2) is 37.1 Å². The van der Waals surface area contributed by atoms with Crippen molar-refractivity contribution in [2.45, 2.75) is 71.4 Å². The molecule has 1 fully saturated rings. The molecule has 2 nitrogen and oxygen atoms in total. The minimum Gasteiger partial charge on any atom is -0.317 e. The van der Waals surface area contributed by atoms with E-state index in [2.05, 4.69) is 38.0 Å². The van der Waals surface area contributed by atoms with Gasteiger partial charge in [0, 0.05) is 18.6 Å². The van der Waals surface area contributed by atoms with Crippen LogP contribution in [0.4, 0.5) is 0 Å². The topological polar surface area (TPSA) is 15.3 Å². The van der Waals surface area contributed by atoms with Gasteiger partial charge in [0.2, 0.25) is 0 Å². The van der Waals surface area contributed by atoms with E-state index in [1.54, 1.807) is 0 Å². The first kappa shape index (κ1) is 15.0. The molecule has 0 spiro atoms. The van der Waals surface area contributed by atoms with Crippen LogP contribution in [-0.2, 0) is 0 Å². The highest BCUT2D eigenvalue weighted by molar-refractivity contribution is 4.83. The Morgan fingerprint density at radius 1 is 1.18 bits per heavy atom. The molecule has 0 amide bonds. The van der Waals surface area contributed by atoms with E-state index in [0.717, 1.165) is 18.0 Å². The Bertz CT molecular complexity index is 189. The summed E-state index contributed by atoms with van der Waals surface area (Å²) >= 11 is 0. The number of rotatable bonds is 7. The van der Waals surface area contributed by atoms with Crippen molar-refractivity contribution in [2.75, 3.05) is 20.1 Å². The third-order valence-electron chi connectivity index (χ3n) is 4.62. The first-order valence-electron chi connectivity index (χ1n) is 7.66. The van der Waals surface area contributed by atoms with Crippen LogP contribution in [0.5, 0.6) is 0 Å². The van der Waals surface area contributed by atoms with Crippen LogP contribution >= 0.6 is 0 Å². The van der Waals surface area contributed by atoms with Crippen LogP contribution in [0.15, 0.2) is 0 Å².